The van der Waals surface area contributed by atoms with Gasteiger partial charge in [0.25, 0.3) is 0 Å². The summed E-state index contributed by atoms with van der Waals surface area (Å²) in [5, 5.41) is 0. The van der Waals surface area contributed by atoms with Crippen LogP contribution in [0.3, 0.4) is 0 Å². The minimum absolute atomic E-state index is 0.0932. The largest absolute Gasteiger partial charge is 0.0822 e. The molecular weight excluding hydrogens is 807 g/mol. The number of benzene rings is 2. The maximum atomic E-state index is 3.81. The maximum absolute atomic E-state index is 3.81. The molecule has 22 heavy (non-hydrogen) atoms. The average molecular weight is 813 g/mol. The van der Waals surface area contributed by atoms with Crippen LogP contribution in [0.25, 0.3) is 0 Å². The molecule has 0 aromatic heterocycles. The maximum Gasteiger partial charge on any atom is 0.0573 e. The Bertz CT molecular complexity index is 651. The van der Waals surface area contributed by atoms with Crippen LogP contribution in [-0.2, 0) is 0 Å². The van der Waals surface area contributed by atoms with Crippen LogP contribution < -0.4 is 0 Å². The topological polar surface area (TPSA) is 0 Å². The van der Waals surface area contributed by atoms with Crippen LogP contribution in [0.1, 0.15) is 20.8 Å². The minimum Gasteiger partial charge on any atom is -0.0822 e. The minimum atomic E-state index is 0.0932. The standard InChI is InChI=1S/C14H6Br8/c15-7-3-1-5(11(19)13(7)21)9(17)10(18)6-2-4-8(16)14(22)12(6)20/h1-4,9-10H/t9-,10?/m1/s1. The second-order valence-electron chi connectivity index (χ2n) is 4.33. The van der Waals surface area contributed by atoms with E-state index in [1.165, 1.54) is 0 Å². The van der Waals surface area contributed by atoms with Gasteiger partial charge >= 0.3 is 0 Å². The lowest BCUT2D eigenvalue weighted by molar-refractivity contribution is 0.923. The van der Waals surface area contributed by atoms with E-state index in [1.807, 2.05) is 12.1 Å². The van der Waals surface area contributed by atoms with Crippen molar-refractivity contribution in [1.29, 1.82) is 0 Å². The zero-order chi connectivity index (χ0) is 16.6. The first-order valence-electron chi connectivity index (χ1n) is 5.80. The fourth-order valence-electron chi connectivity index (χ4n) is 1.82. The Balaban J connectivity index is 2.44. The lowest BCUT2D eigenvalue weighted by Gasteiger charge is -2.21. The summed E-state index contributed by atoms with van der Waals surface area (Å²) in [7, 11) is 0. The van der Waals surface area contributed by atoms with E-state index >= 15 is 0 Å². The zero-order valence-corrected chi connectivity index (χ0v) is 23.2. The van der Waals surface area contributed by atoms with Crippen LogP contribution in [-0.4, -0.2) is 0 Å². The van der Waals surface area contributed by atoms with Crippen molar-refractivity contribution in [2.45, 2.75) is 9.65 Å². The van der Waals surface area contributed by atoms with E-state index in [4.69, 9.17) is 0 Å². The summed E-state index contributed by atoms with van der Waals surface area (Å²) in [6, 6.07) is 8.25. The van der Waals surface area contributed by atoms with Gasteiger partial charge in [-0.05, 0) is 119 Å². The highest BCUT2D eigenvalue weighted by atomic mass is 79.9. The van der Waals surface area contributed by atoms with Gasteiger partial charge in [-0.1, -0.05) is 44.0 Å². The van der Waals surface area contributed by atoms with Crippen molar-refractivity contribution in [3.05, 3.63) is 62.2 Å². The summed E-state index contributed by atoms with van der Waals surface area (Å²) in [6.07, 6.45) is 0. The van der Waals surface area contributed by atoms with E-state index in [9.17, 15) is 0 Å². The number of rotatable bonds is 3. The van der Waals surface area contributed by atoms with Crippen LogP contribution in [0.2, 0.25) is 0 Å². The number of hydrogen-bond donors (Lipinski definition) is 0. The predicted octanol–water partition coefficient (Wildman–Crippen LogP) is 9.83. The molecule has 118 valence electrons. The van der Waals surface area contributed by atoms with E-state index < -0.39 is 0 Å². The van der Waals surface area contributed by atoms with E-state index in [1.54, 1.807) is 0 Å². The van der Waals surface area contributed by atoms with Crippen LogP contribution in [0.15, 0.2) is 51.1 Å². The highest BCUT2D eigenvalue weighted by Crippen LogP contribution is 2.50. The molecule has 2 aromatic carbocycles. The van der Waals surface area contributed by atoms with Crippen LogP contribution in [0.4, 0.5) is 0 Å². The summed E-state index contributed by atoms with van der Waals surface area (Å²) >= 11 is 29.2. The lowest BCUT2D eigenvalue weighted by Crippen LogP contribution is -2.02. The highest BCUT2D eigenvalue weighted by Gasteiger charge is 2.25. The SMILES string of the molecule is Brc1ccc(C(Br)[C@H](Br)c2ccc(Br)c(Br)c2Br)c(Br)c1Br. The molecule has 0 radical (unpaired) electrons. The smallest absolute Gasteiger partial charge is 0.0573 e. The van der Waals surface area contributed by atoms with Gasteiger partial charge in [-0.2, -0.15) is 0 Å². The summed E-state index contributed by atoms with van der Waals surface area (Å²) in [5.41, 5.74) is 2.31. The summed E-state index contributed by atoms with van der Waals surface area (Å²) < 4.78 is 6.10. The Morgan fingerprint density at radius 2 is 0.818 bits per heavy atom. The molecular formula is C14H6Br8. The number of alkyl halides is 2. The predicted molar refractivity (Wildman–Crippen MR) is 122 cm³/mol. The second-order valence-corrected chi connectivity index (χ2v) is 11.2. The van der Waals surface area contributed by atoms with Crippen LogP contribution >= 0.6 is 127 Å². The molecule has 0 aliphatic heterocycles. The van der Waals surface area contributed by atoms with Crippen LogP contribution in [0.5, 0.6) is 0 Å². The van der Waals surface area contributed by atoms with Gasteiger partial charge in [0.15, 0.2) is 0 Å². The van der Waals surface area contributed by atoms with Gasteiger partial charge in [0, 0.05) is 26.8 Å². The van der Waals surface area contributed by atoms with E-state index in [0.29, 0.717) is 0 Å². The molecule has 0 bridgehead atoms. The van der Waals surface area contributed by atoms with Crippen molar-refractivity contribution in [3.63, 3.8) is 0 Å². The second kappa shape index (κ2) is 8.78. The summed E-state index contributed by atoms with van der Waals surface area (Å²) in [6.45, 7) is 0. The first kappa shape index (κ1) is 20.6. The molecule has 2 atom stereocenters. The summed E-state index contributed by atoms with van der Waals surface area (Å²) in [4.78, 5) is 0.186. The molecule has 0 N–H and O–H groups in total. The third kappa shape index (κ3) is 4.33. The monoisotopic (exact) mass is 805 g/mol. The van der Waals surface area contributed by atoms with Crippen molar-refractivity contribution in [2.24, 2.45) is 0 Å². The first-order valence-corrected chi connectivity index (χ1v) is 12.4. The Labute approximate surface area is 196 Å². The summed E-state index contributed by atoms with van der Waals surface area (Å²) in [5.74, 6) is 0. The van der Waals surface area contributed by atoms with Gasteiger partial charge in [-0.3, -0.25) is 0 Å². The molecule has 0 fully saturated rings. The van der Waals surface area contributed by atoms with Gasteiger partial charge in [-0.15, -0.1) is 0 Å². The average Bonchev–Trinajstić information content (AvgIpc) is 2.49. The molecule has 8 heteroatoms. The molecule has 0 saturated heterocycles. The van der Waals surface area contributed by atoms with Crippen molar-refractivity contribution in [3.8, 4) is 0 Å². The van der Waals surface area contributed by atoms with Gasteiger partial charge in [0.1, 0.15) is 0 Å². The Kier molecular flexibility index (Phi) is 8.22. The Morgan fingerprint density at radius 1 is 0.500 bits per heavy atom. The molecule has 0 aliphatic rings. The number of hydrogen-bond acceptors (Lipinski definition) is 0. The van der Waals surface area contributed by atoms with E-state index in [0.717, 1.165) is 38.0 Å². The molecule has 2 rings (SSSR count). The molecule has 2 aromatic rings. The molecule has 0 heterocycles. The zero-order valence-electron chi connectivity index (χ0n) is 10.5. The van der Waals surface area contributed by atoms with Crippen LogP contribution in [0, 0.1) is 0 Å². The molecule has 0 spiro atoms. The highest BCUT2D eigenvalue weighted by molar-refractivity contribution is 9.15. The molecule has 0 saturated carbocycles. The molecule has 0 nitrogen and oxygen atoms in total. The normalized spacial score (nSPS) is 14.0. The third-order valence-electron chi connectivity index (χ3n) is 2.98. The van der Waals surface area contributed by atoms with Crippen molar-refractivity contribution in [2.75, 3.05) is 0 Å². The van der Waals surface area contributed by atoms with Crippen molar-refractivity contribution >= 4 is 127 Å². The van der Waals surface area contributed by atoms with Gasteiger partial charge < -0.3 is 0 Å². The Hall–Kier alpha value is 2.28. The van der Waals surface area contributed by atoms with Crippen molar-refractivity contribution in [1.82, 2.24) is 0 Å². The third-order valence-corrected chi connectivity index (χ3v) is 12.5. The molecule has 0 amide bonds. The van der Waals surface area contributed by atoms with E-state index in [2.05, 4.69) is 140 Å². The lowest BCUT2D eigenvalue weighted by atomic mass is 10.0. The fraction of sp³-hybridized carbons (Fsp3) is 0.143. The number of halogens is 8. The van der Waals surface area contributed by atoms with Gasteiger partial charge in [0.2, 0.25) is 0 Å². The van der Waals surface area contributed by atoms with Gasteiger partial charge in [-0.25, -0.2) is 0 Å². The quantitative estimate of drug-likeness (QED) is 0.214. The first-order chi connectivity index (χ1) is 10.3. The Morgan fingerprint density at radius 3 is 1.14 bits per heavy atom. The fourth-order valence-corrected chi connectivity index (χ4v) is 6.87. The van der Waals surface area contributed by atoms with E-state index in [-0.39, 0.29) is 9.65 Å². The van der Waals surface area contributed by atoms with Gasteiger partial charge in [0.05, 0.1) is 9.65 Å². The molecule has 1 unspecified atom stereocenters. The molecule has 0 aliphatic carbocycles. The van der Waals surface area contributed by atoms with Crippen molar-refractivity contribution < 1.29 is 0 Å².